The summed E-state index contributed by atoms with van der Waals surface area (Å²) in [6, 6.07) is 16.4. The minimum Gasteiger partial charge on any atom is -0.395 e. The Morgan fingerprint density at radius 2 is 2.00 bits per heavy atom. The van der Waals surface area contributed by atoms with Crippen LogP contribution in [0.4, 0.5) is 11.5 Å². The summed E-state index contributed by atoms with van der Waals surface area (Å²) in [6.45, 7) is 5.72. The third-order valence-corrected chi connectivity index (χ3v) is 6.75. The lowest BCUT2D eigenvalue weighted by Crippen LogP contribution is -2.26. The highest BCUT2D eigenvalue weighted by molar-refractivity contribution is 7.85. The Balaban J connectivity index is 1.65. The van der Waals surface area contributed by atoms with Gasteiger partial charge in [0.05, 0.1) is 22.9 Å². The summed E-state index contributed by atoms with van der Waals surface area (Å²) in [6.07, 6.45) is 0. The van der Waals surface area contributed by atoms with Crippen LogP contribution >= 0.6 is 0 Å². The van der Waals surface area contributed by atoms with Crippen molar-refractivity contribution in [3.05, 3.63) is 59.7 Å². The third kappa shape index (κ3) is 4.64. The van der Waals surface area contributed by atoms with Gasteiger partial charge in [-0.25, -0.2) is 4.98 Å². The van der Waals surface area contributed by atoms with E-state index in [-0.39, 0.29) is 6.61 Å². The Bertz CT molecular complexity index is 1060. The monoisotopic (exact) mass is 424 g/mol. The quantitative estimate of drug-likeness (QED) is 0.506. The zero-order valence-corrected chi connectivity index (χ0v) is 18.0. The lowest BCUT2D eigenvalue weighted by molar-refractivity contribution is 0.293. The number of rotatable bonds is 7. The van der Waals surface area contributed by atoms with Gasteiger partial charge in [-0.1, -0.05) is 29.8 Å². The number of aliphatic hydroxyl groups is 1. The molecule has 2 heterocycles. The summed E-state index contributed by atoms with van der Waals surface area (Å²) >= 11 is 0. The first-order chi connectivity index (χ1) is 14.7. The number of fused-ring (bicyclic) bond motifs is 2. The molecule has 2 aromatic carbocycles. The molecule has 6 nitrogen and oxygen atoms in total. The van der Waals surface area contributed by atoms with Crippen molar-refractivity contribution in [1.82, 2.24) is 10.3 Å². The number of benzene rings is 2. The topological polar surface area (TPSA) is 77.5 Å². The maximum Gasteiger partial charge on any atom is 0.131 e. The van der Waals surface area contributed by atoms with Gasteiger partial charge in [0.2, 0.25) is 0 Å². The first kappa shape index (κ1) is 20.8. The molecule has 1 unspecified atom stereocenters. The van der Waals surface area contributed by atoms with Gasteiger partial charge in [-0.2, -0.15) is 0 Å². The van der Waals surface area contributed by atoms with E-state index in [1.165, 1.54) is 5.56 Å². The Morgan fingerprint density at radius 3 is 2.87 bits per heavy atom. The van der Waals surface area contributed by atoms with E-state index in [0.717, 1.165) is 46.0 Å². The van der Waals surface area contributed by atoms with Crippen LogP contribution in [0.2, 0.25) is 0 Å². The van der Waals surface area contributed by atoms with Gasteiger partial charge < -0.3 is 20.6 Å². The number of aromatic nitrogens is 1. The Morgan fingerprint density at radius 1 is 1.13 bits per heavy atom. The zero-order chi connectivity index (χ0) is 20.9. The molecule has 0 saturated heterocycles. The van der Waals surface area contributed by atoms with E-state index in [2.05, 4.69) is 52.8 Å². The van der Waals surface area contributed by atoms with Gasteiger partial charge in [0, 0.05) is 60.5 Å². The molecule has 0 aliphatic carbocycles. The molecule has 0 fully saturated rings. The van der Waals surface area contributed by atoms with Crippen molar-refractivity contribution < 1.29 is 9.32 Å². The molecule has 1 aromatic heterocycles. The molecule has 0 spiro atoms. The summed E-state index contributed by atoms with van der Waals surface area (Å²) in [7, 11) is -0.985. The van der Waals surface area contributed by atoms with E-state index in [9.17, 15) is 4.21 Å². The standard InChI is InChI=1S/C23H28N4O2S/c1-17-6-7-20-19(14-17)21(25-9-8-24-10-12-28)15-23(26-20)27-11-13-30(29)22-5-3-2-4-18(22)16-27/h2-7,14-15,24,28H,8-13,16H2,1H3,(H,25,26). The minimum atomic E-state index is -0.985. The van der Waals surface area contributed by atoms with Gasteiger partial charge in [0.15, 0.2) is 0 Å². The number of aryl methyl sites for hydroxylation is 1. The number of hydrogen-bond donors (Lipinski definition) is 3. The van der Waals surface area contributed by atoms with Crippen LogP contribution in [0.25, 0.3) is 10.9 Å². The Kier molecular flexibility index (Phi) is 6.62. The van der Waals surface area contributed by atoms with Crippen molar-refractivity contribution in [2.75, 3.05) is 48.8 Å². The van der Waals surface area contributed by atoms with E-state index >= 15 is 0 Å². The molecule has 3 aromatic rings. The molecule has 0 radical (unpaired) electrons. The highest BCUT2D eigenvalue weighted by Crippen LogP contribution is 2.30. The summed E-state index contributed by atoms with van der Waals surface area (Å²) in [5.74, 6) is 1.49. The molecule has 0 bridgehead atoms. The maximum absolute atomic E-state index is 12.7. The molecule has 1 aliphatic rings. The molecule has 30 heavy (non-hydrogen) atoms. The SMILES string of the molecule is Cc1ccc2nc(N3CCS(=O)c4ccccc4C3)cc(NCCNCCO)c2c1. The molecule has 7 heteroatoms. The molecule has 0 saturated carbocycles. The average molecular weight is 425 g/mol. The van der Waals surface area contributed by atoms with E-state index in [4.69, 9.17) is 10.1 Å². The van der Waals surface area contributed by atoms with E-state index in [0.29, 0.717) is 25.4 Å². The van der Waals surface area contributed by atoms with Gasteiger partial charge in [0.25, 0.3) is 0 Å². The number of pyridine rings is 1. The van der Waals surface area contributed by atoms with Crippen LogP contribution in [0.1, 0.15) is 11.1 Å². The summed E-state index contributed by atoms with van der Waals surface area (Å²) < 4.78 is 12.7. The van der Waals surface area contributed by atoms with Gasteiger partial charge in [-0.15, -0.1) is 0 Å². The van der Waals surface area contributed by atoms with Crippen molar-refractivity contribution in [3.8, 4) is 0 Å². The zero-order valence-electron chi connectivity index (χ0n) is 17.2. The van der Waals surface area contributed by atoms with Gasteiger partial charge in [-0.05, 0) is 30.7 Å². The fourth-order valence-electron chi connectivity index (χ4n) is 3.76. The average Bonchev–Trinajstić information content (AvgIpc) is 2.93. The summed E-state index contributed by atoms with van der Waals surface area (Å²) in [4.78, 5) is 8.09. The summed E-state index contributed by atoms with van der Waals surface area (Å²) in [5.41, 5.74) is 4.28. The smallest absolute Gasteiger partial charge is 0.131 e. The van der Waals surface area contributed by atoms with Crippen molar-refractivity contribution in [2.24, 2.45) is 0 Å². The van der Waals surface area contributed by atoms with Crippen molar-refractivity contribution >= 4 is 33.2 Å². The number of nitrogens with zero attached hydrogens (tertiary/aromatic N) is 2. The van der Waals surface area contributed by atoms with Crippen LogP contribution in [0.3, 0.4) is 0 Å². The second-order valence-electron chi connectivity index (χ2n) is 7.53. The molecule has 1 aliphatic heterocycles. The minimum absolute atomic E-state index is 0.138. The molecule has 158 valence electrons. The van der Waals surface area contributed by atoms with Crippen LogP contribution in [0.5, 0.6) is 0 Å². The molecular weight excluding hydrogens is 396 g/mol. The Hall–Kier alpha value is -2.48. The molecule has 1 atom stereocenters. The maximum atomic E-state index is 12.7. The molecule has 3 N–H and O–H groups in total. The first-order valence-electron chi connectivity index (χ1n) is 10.3. The van der Waals surface area contributed by atoms with Gasteiger partial charge >= 0.3 is 0 Å². The van der Waals surface area contributed by atoms with Crippen molar-refractivity contribution in [2.45, 2.75) is 18.4 Å². The van der Waals surface area contributed by atoms with E-state index in [1.807, 2.05) is 18.2 Å². The summed E-state index contributed by atoms with van der Waals surface area (Å²) in [5, 5.41) is 16.7. The highest BCUT2D eigenvalue weighted by atomic mass is 32.2. The van der Waals surface area contributed by atoms with Crippen molar-refractivity contribution in [1.29, 1.82) is 0 Å². The normalized spacial score (nSPS) is 16.3. The Labute approximate surface area is 179 Å². The molecular formula is C23H28N4O2S. The fourth-order valence-corrected chi connectivity index (χ4v) is 5.02. The second-order valence-corrected chi connectivity index (χ2v) is 9.07. The highest BCUT2D eigenvalue weighted by Gasteiger charge is 2.21. The van der Waals surface area contributed by atoms with Crippen LogP contribution < -0.4 is 15.5 Å². The predicted octanol–water partition coefficient (Wildman–Crippen LogP) is 2.66. The van der Waals surface area contributed by atoms with Crippen LogP contribution in [-0.4, -0.2) is 52.8 Å². The number of hydrogen-bond acceptors (Lipinski definition) is 6. The van der Waals surface area contributed by atoms with Crippen LogP contribution in [0, 0.1) is 6.92 Å². The second kappa shape index (κ2) is 9.55. The number of anilines is 2. The fraction of sp³-hybridized carbons (Fsp3) is 0.348. The van der Waals surface area contributed by atoms with E-state index < -0.39 is 10.8 Å². The van der Waals surface area contributed by atoms with Gasteiger partial charge in [0.1, 0.15) is 5.82 Å². The largest absolute Gasteiger partial charge is 0.395 e. The van der Waals surface area contributed by atoms with Crippen LogP contribution in [-0.2, 0) is 17.3 Å². The lowest BCUT2D eigenvalue weighted by Gasteiger charge is -2.23. The number of nitrogens with one attached hydrogen (secondary N) is 2. The van der Waals surface area contributed by atoms with Crippen LogP contribution in [0.15, 0.2) is 53.4 Å². The van der Waals surface area contributed by atoms with Gasteiger partial charge in [-0.3, -0.25) is 4.21 Å². The van der Waals surface area contributed by atoms with Crippen molar-refractivity contribution in [3.63, 3.8) is 0 Å². The van der Waals surface area contributed by atoms with E-state index in [1.54, 1.807) is 0 Å². The predicted molar refractivity (Wildman–Crippen MR) is 124 cm³/mol. The molecule has 0 amide bonds. The molecule has 4 rings (SSSR count). The number of aliphatic hydroxyl groups excluding tert-OH is 1. The lowest BCUT2D eigenvalue weighted by atomic mass is 10.1. The third-order valence-electron chi connectivity index (χ3n) is 5.31. The first-order valence-corrected chi connectivity index (χ1v) is 11.7.